The first kappa shape index (κ1) is 20.7. The number of unbranched alkanes of at least 4 members (excludes halogenated alkanes) is 5. The molecule has 1 N–H and O–H groups in total. The second-order valence-corrected chi connectivity index (χ2v) is 5.56. The fourth-order valence-electron chi connectivity index (χ4n) is 2.07. The van der Waals surface area contributed by atoms with Gasteiger partial charge < -0.3 is 14.8 Å². The van der Waals surface area contributed by atoms with Crippen LogP contribution in [-0.4, -0.2) is 31.3 Å². The molecule has 0 fully saturated rings. The third-order valence-corrected chi connectivity index (χ3v) is 3.33. The molecule has 0 saturated carbocycles. The highest BCUT2D eigenvalue weighted by molar-refractivity contribution is 5.81. The zero-order chi connectivity index (χ0) is 16.6. The fraction of sp³-hybridized carbons (Fsp3) is 0.882. The molecule has 1 atom stereocenters. The quantitative estimate of drug-likeness (QED) is 0.409. The highest BCUT2D eigenvalue weighted by Crippen LogP contribution is 2.06. The van der Waals surface area contributed by atoms with Crippen molar-refractivity contribution in [3.63, 3.8) is 0 Å². The van der Waals surface area contributed by atoms with Gasteiger partial charge in [-0.1, -0.05) is 59.3 Å². The minimum atomic E-state index is -0.602. The van der Waals surface area contributed by atoms with Gasteiger partial charge in [0.1, 0.15) is 6.04 Å². The van der Waals surface area contributed by atoms with Gasteiger partial charge in [0, 0.05) is 0 Å². The first-order chi connectivity index (χ1) is 10.7. The maximum absolute atomic E-state index is 12.0. The van der Waals surface area contributed by atoms with Gasteiger partial charge in [-0.15, -0.1) is 0 Å². The monoisotopic (exact) mass is 315 g/mol. The van der Waals surface area contributed by atoms with Crippen LogP contribution in [0, 0.1) is 0 Å². The van der Waals surface area contributed by atoms with E-state index < -0.39 is 12.1 Å². The number of ether oxygens (including phenoxy) is 2. The molecule has 5 nitrogen and oxygen atoms in total. The summed E-state index contributed by atoms with van der Waals surface area (Å²) in [5.74, 6) is -0.358. The molecule has 0 aliphatic rings. The lowest BCUT2D eigenvalue weighted by atomic mass is 10.1. The largest absolute Gasteiger partial charge is 0.464 e. The van der Waals surface area contributed by atoms with Gasteiger partial charge in [0.15, 0.2) is 0 Å². The lowest BCUT2D eigenvalue weighted by molar-refractivity contribution is -0.146. The van der Waals surface area contributed by atoms with Gasteiger partial charge in [-0.25, -0.2) is 9.59 Å². The molecule has 0 spiro atoms. The standard InChI is InChI=1S/C17H33NO4/c1-4-7-8-9-10-11-14-21-16(19)15(12-5-2)18-17(20)22-13-6-3/h15H,4-14H2,1-3H3,(H,18,20). The molecule has 5 heteroatoms. The van der Waals surface area contributed by atoms with Crippen molar-refractivity contribution < 1.29 is 19.1 Å². The van der Waals surface area contributed by atoms with Gasteiger partial charge >= 0.3 is 12.1 Å². The number of rotatable bonds is 13. The molecular weight excluding hydrogens is 282 g/mol. The molecule has 0 aliphatic carbocycles. The van der Waals surface area contributed by atoms with Crippen LogP contribution in [0.3, 0.4) is 0 Å². The van der Waals surface area contributed by atoms with Crippen LogP contribution in [0.2, 0.25) is 0 Å². The van der Waals surface area contributed by atoms with E-state index in [4.69, 9.17) is 9.47 Å². The second-order valence-electron chi connectivity index (χ2n) is 5.56. The van der Waals surface area contributed by atoms with Crippen molar-refractivity contribution in [3.05, 3.63) is 0 Å². The summed E-state index contributed by atoms with van der Waals surface area (Å²) in [6, 6.07) is -0.602. The highest BCUT2D eigenvalue weighted by atomic mass is 16.6. The van der Waals surface area contributed by atoms with Crippen molar-refractivity contribution in [1.82, 2.24) is 5.32 Å². The Morgan fingerprint density at radius 1 is 0.818 bits per heavy atom. The summed E-state index contributed by atoms with van der Waals surface area (Å²) >= 11 is 0. The molecule has 0 aromatic carbocycles. The number of carbonyl (C=O) groups is 2. The van der Waals surface area contributed by atoms with Crippen LogP contribution in [0.5, 0.6) is 0 Å². The van der Waals surface area contributed by atoms with E-state index in [1.165, 1.54) is 25.7 Å². The van der Waals surface area contributed by atoms with Crippen LogP contribution < -0.4 is 5.32 Å². The molecule has 0 aromatic rings. The predicted molar refractivity (Wildman–Crippen MR) is 87.8 cm³/mol. The molecule has 0 aliphatic heterocycles. The molecule has 1 amide bonds. The maximum atomic E-state index is 12.0. The van der Waals surface area contributed by atoms with E-state index in [0.29, 0.717) is 19.6 Å². The summed E-state index contributed by atoms with van der Waals surface area (Å²) in [5, 5.41) is 2.59. The van der Waals surface area contributed by atoms with E-state index in [1.807, 2.05) is 13.8 Å². The smallest absolute Gasteiger partial charge is 0.407 e. The van der Waals surface area contributed by atoms with E-state index >= 15 is 0 Å². The first-order valence-corrected chi connectivity index (χ1v) is 8.75. The molecule has 130 valence electrons. The summed E-state index contributed by atoms with van der Waals surface area (Å²) in [5.41, 5.74) is 0. The van der Waals surface area contributed by atoms with Crippen molar-refractivity contribution in [2.75, 3.05) is 13.2 Å². The normalized spacial score (nSPS) is 11.8. The topological polar surface area (TPSA) is 64.6 Å². The lowest BCUT2D eigenvalue weighted by Gasteiger charge is -2.16. The SMILES string of the molecule is CCCCCCCCOC(=O)C(CCC)NC(=O)OCCC. The summed E-state index contributed by atoms with van der Waals surface area (Å²) in [6.45, 7) is 6.86. The van der Waals surface area contributed by atoms with Gasteiger partial charge in [0.25, 0.3) is 0 Å². The van der Waals surface area contributed by atoms with E-state index in [-0.39, 0.29) is 5.97 Å². The molecule has 0 rings (SSSR count). The molecule has 0 radical (unpaired) electrons. The Balaban J connectivity index is 3.91. The summed E-state index contributed by atoms with van der Waals surface area (Å²) in [6.07, 6.45) is 8.47. The van der Waals surface area contributed by atoms with Crippen LogP contribution >= 0.6 is 0 Å². The molecule has 22 heavy (non-hydrogen) atoms. The Morgan fingerprint density at radius 3 is 2.14 bits per heavy atom. The third-order valence-electron chi connectivity index (χ3n) is 3.33. The van der Waals surface area contributed by atoms with Gasteiger partial charge in [-0.2, -0.15) is 0 Å². The second kappa shape index (κ2) is 14.7. The first-order valence-electron chi connectivity index (χ1n) is 8.75. The molecule has 1 unspecified atom stereocenters. The summed E-state index contributed by atoms with van der Waals surface area (Å²) in [4.78, 5) is 23.5. The lowest BCUT2D eigenvalue weighted by Crippen LogP contribution is -2.42. The Hall–Kier alpha value is -1.26. The minimum Gasteiger partial charge on any atom is -0.464 e. The average molecular weight is 315 g/mol. The summed E-state index contributed by atoms with van der Waals surface area (Å²) in [7, 11) is 0. The van der Waals surface area contributed by atoms with Crippen molar-refractivity contribution in [3.8, 4) is 0 Å². The molecular formula is C17H33NO4. The van der Waals surface area contributed by atoms with Gasteiger partial charge in [-0.3, -0.25) is 0 Å². The van der Waals surface area contributed by atoms with Crippen LogP contribution in [-0.2, 0) is 14.3 Å². The van der Waals surface area contributed by atoms with E-state index in [1.54, 1.807) is 0 Å². The van der Waals surface area contributed by atoms with Crippen molar-refractivity contribution in [2.45, 2.75) is 84.6 Å². The van der Waals surface area contributed by atoms with Crippen LogP contribution in [0.15, 0.2) is 0 Å². The number of carbonyl (C=O) groups excluding carboxylic acids is 2. The molecule has 0 aromatic heterocycles. The Morgan fingerprint density at radius 2 is 1.50 bits per heavy atom. The number of amides is 1. The van der Waals surface area contributed by atoms with Gasteiger partial charge in [0.05, 0.1) is 13.2 Å². The maximum Gasteiger partial charge on any atom is 0.407 e. The Labute approximate surface area is 135 Å². The average Bonchev–Trinajstić information content (AvgIpc) is 2.51. The zero-order valence-corrected chi connectivity index (χ0v) is 14.5. The highest BCUT2D eigenvalue weighted by Gasteiger charge is 2.21. The number of hydrogen-bond acceptors (Lipinski definition) is 4. The number of esters is 1. The van der Waals surface area contributed by atoms with Crippen LogP contribution in [0.4, 0.5) is 4.79 Å². The van der Waals surface area contributed by atoms with Crippen molar-refractivity contribution in [1.29, 1.82) is 0 Å². The Bertz CT molecular complexity index is 294. The third kappa shape index (κ3) is 11.4. The zero-order valence-electron chi connectivity index (χ0n) is 14.5. The number of nitrogens with one attached hydrogen (secondary N) is 1. The summed E-state index contributed by atoms with van der Waals surface area (Å²) < 4.78 is 10.2. The molecule has 0 saturated heterocycles. The van der Waals surface area contributed by atoms with Gasteiger partial charge in [0.2, 0.25) is 0 Å². The predicted octanol–water partition coefficient (Wildman–Crippen LogP) is 4.20. The van der Waals surface area contributed by atoms with Crippen LogP contribution in [0.1, 0.15) is 78.6 Å². The molecule has 0 heterocycles. The van der Waals surface area contributed by atoms with E-state index in [2.05, 4.69) is 12.2 Å². The fourth-order valence-corrected chi connectivity index (χ4v) is 2.07. The van der Waals surface area contributed by atoms with Crippen molar-refractivity contribution >= 4 is 12.1 Å². The minimum absolute atomic E-state index is 0.358. The van der Waals surface area contributed by atoms with Crippen molar-refractivity contribution in [2.24, 2.45) is 0 Å². The number of hydrogen-bond donors (Lipinski definition) is 1. The van der Waals surface area contributed by atoms with E-state index in [9.17, 15) is 9.59 Å². The van der Waals surface area contributed by atoms with E-state index in [0.717, 1.165) is 25.7 Å². The Kier molecular flexibility index (Phi) is 13.8. The number of alkyl carbamates (subject to hydrolysis) is 1. The van der Waals surface area contributed by atoms with Gasteiger partial charge in [-0.05, 0) is 19.3 Å². The van der Waals surface area contributed by atoms with Crippen LogP contribution in [0.25, 0.3) is 0 Å². The molecule has 0 bridgehead atoms.